The average Bonchev–Trinajstić information content (AvgIpc) is 3.28. The Labute approximate surface area is 179 Å². The number of guanidine groups is 1. The quantitative estimate of drug-likeness (QED) is 0.379. The molecule has 1 aromatic rings. The topological polar surface area (TPSA) is 36.9 Å². The molecule has 0 bridgehead atoms. The van der Waals surface area contributed by atoms with Crippen molar-refractivity contribution >= 4 is 41.5 Å². The SMILES string of the molecule is CN=C(NCC1(c2cccc(Cl)c2)CCCC1)N(C)CC1CCOC1.I. The van der Waals surface area contributed by atoms with E-state index < -0.39 is 0 Å². The molecule has 4 nitrogen and oxygen atoms in total. The first-order chi connectivity index (χ1) is 12.1. The van der Waals surface area contributed by atoms with Crippen LogP contribution < -0.4 is 5.32 Å². The summed E-state index contributed by atoms with van der Waals surface area (Å²) >= 11 is 6.26. The fraction of sp³-hybridized carbons (Fsp3) is 0.650. The van der Waals surface area contributed by atoms with Gasteiger partial charge in [-0.1, -0.05) is 36.6 Å². The number of halogens is 2. The average molecular weight is 492 g/mol. The summed E-state index contributed by atoms with van der Waals surface area (Å²) in [4.78, 5) is 6.73. The van der Waals surface area contributed by atoms with Crippen molar-refractivity contribution in [2.24, 2.45) is 10.9 Å². The molecular formula is C20H31ClIN3O. The van der Waals surface area contributed by atoms with E-state index in [9.17, 15) is 0 Å². The number of benzene rings is 1. The second-order valence-corrected chi connectivity index (χ2v) is 7.95. The highest BCUT2D eigenvalue weighted by atomic mass is 127. The third kappa shape index (κ3) is 5.26. The second-order valence-electron chi connectivity index (χ2n) is 7.51. The summed E-state index contributed by atoms with van der Waals surface area (Å²) in [6.07, 6.45) is 6.12. The normalized spacial score (nSPS) is 22.1. The second kappa shape index (κ2) is 10.1. The van der Waals surface area contributed by atoms with E-state index in [-0.39, 0.29) is 29.4 Å². The first-order valence-corrected chi connectivity index (χ1v) is 9.76. The summed E-state index contributed by atoms with van der Waals surface area (Å²) in [5.74, 6) is 1.58. The lowest BCUT2D eigenvalue weighted by atomic mass is 9.79. The molecule has 3 rings (SSSR count). The Morgan fingerprint density at radius 1 is 1.38 bits per heavy atom. The van der Waals surface area contributed by atoms with Gasteiger partial charge in [0.1, 0.15) is 0 Å². The Hall–Kier alpha value is -0.530. The first kappa shape index (κ1) is 21.8. The van der Waals surface area contributed by atoms with Gasteiger partial charge < -0.3 is 15.0 Å². The van der Waals surface area contributed by atoms with Crippen LogP contribution in [0.25, 0.3) is 0 Å². The van der Waals surface area contributed by atoms with Gasteiger partial charge in [0, 0.05) is 50.1 Å². The fourth-order valence-corrected chi connectivity index (χ4v) is 4.46. The summed E-state index contributed by atoms with van der Waals surface area (Å²) in [6.45, 7) is 3.66. The van der Waals surface area contributed by atoms with Crippen molar-refractivity contribution < 1.29 is 4.74 Å². The molecule has 1 saturated carbocycles. The van der Waals surface area contributed by atoms with Crippen LogP contribution in [-0.4, -0.2) is 51.3 Å². The van der Waals surface area contributed by atoms with Crippen LogP contribution in [-0.2, 0) is 10.2 Å². The van der Waals surface area contributed by atoms with E-state index in [1.54, 1.807) is 0 Å². The number of rotatable bonds is 5. The minimum absolute atomic E-state index is 0. The number of hydrogen-bond donors (Lipinski definition) is 1. The van der Waals surface area contributed by atoms with Crippen LogP contribution in [0.1, 0.15) is 37.7 Å². The van der Waals surface area contributed by atoms with Crippen molar-refractivity contribution in [3.8, 4) is 0 Å². The summed E-state index contributed by atoms with van der Waals surface area (Å²) in [5, 5.41) is 4.46. The highest BCUT2D eigenvalue weighted by Crippen LogP contribution is 2.41. The number of nitrogens with one attached hydrogen (secondary N) is 1. The minimum Gasteiger partial charge on any atom is -0.381 e. The van der Waals surface area contributed by atoms with Gasteiger partial charge in [-0.25, -0.2) is 0 Å². The minimum atomic E-state index is 0. The molecular weight excluding hydrogens is 461 g/mol. The number of nitrogens with zero attached hydrogens (tertiary/aromatic N) is 2. The highest BCUT2D eigenvalue weighted by molar-refractivity contribution is 14.0. The molecule has 2 aliphatic rings. The lowest BCUT2D eigenvalue weighted by Crippen LogP contribution is -2.46. The molecule has 1 unspecified atom stereocenters. The molecule has 6 heteroatoms. The molecule has 0 amide bonds. The lowest BCUT2D eigenvalue weighted by molar-refractivity contribution is 0.181. The molecule has 0 radical (unpaired) electrons. The van der Waals surface area contributed by atoms with E-state index in [0.717, 1.165) is 43.7 Å². The molecule has 1 aromatic carbocycles. The molecule has 1 aliphatic heterocycles. The Balaban J connectivity index is 0.00000243. The van der Waals surface area contributed by atoms with Gasteiger partial charge in [0.2, 0.25) is 0 Å². The zero-order valence-electron chi connectivity index (χ0n) is 15.8. The van der Waals surface area contributed by atoms with Gasteiger partial charge in [-0.3, -0.25) is 4.99 Å². The molecule has 1 aliphatic carbocycles. The largest absolute Gasteiger partial charge is 0.381 e. The monoisotopic (exact) mass is 491 g/mol. The molecule has 0 spiro atoms. The highest BCUT2D eigenvalue weighted by Gasteiger charge is 2.36. The third-order valence-electron chi connectivity index (χ3n) is 5.71. The summed E-state index contributed by atoms with van der Waals surface area (Å²) in [6, 6.07) is 8.38. The molecule has 1 N–H and O–H groups in total. The fourth-order valence-electron chi connectivity index (χ4n) is 4.27. The lowest BCUT2D eigenvalue weighted by Gasteiger charge is -2.33. The molecule has 0 aromatic heterocycles. The van der Waals surface area contributed by atoms with Gasteiger partial charge in [-0.15, -0.1) is 24.0 Å². The van der Waals surface area contributed by atoms with Crippen LogP contribution in [0.15, 0.2) is 29.3 Å². The number of hydrogen-bond acceptors (Lipinski definition) is 2. The van der Waals surface area contributed by atoms with E-state index in [0.29, 0.717) is 5.92 Å². The van der Waals surface area contributed by atoms with Gasteiger partial charge in [-0.05, 0) is 37.0 Å². The number of aliphatic imine (C=N–C) groups is 1. The zero-order valence-corrected chi connectivity index (χ0v) is 18.9. The van der Waals surface area contributed by atoms with Crippen molar-refractivity contribution in [2.75, 3.05) is 40.4 Å². The predicted octanol–water partition coefficient (Wildman–Crippen LogP) is 4.31. The molecule has 1 heterocycles. The summed E-state index contributed by atoms with van der Waals surface area (Å²) < 4.78 is 5.50. The molecule has 1 saturated heterocycles. The van der Waals surface area contributed by atoms with Gasteiger partial charge >= 0.3 is 0 Å². The van der Waals surface area contributed by atoms with Gasteiger partial charge in [0.25, 0.3) is 0 Å². The van der Waals surface area contributed by atoms with Crippen molar-refractivity contribution in [3.05, 3.63) is 34.9 Å². The Morgan fingerprint density at radius 2 is 2.15 bits per heavy atom. The molecule has 146 valence electrons. The van der Waals surface area contributed by atoms with E-state index >= 15 is 0 Å². The van der Waals surface area contributed by atoms with Gasteiger partial charge in [0.05, 0.1) is 6.61 Å². The maximum atomic E-state index is 6.26. The van der Waals surface area contributed by atoms with Crippen molar-refractivity contribution in [2.45, 2.75) is 37.5 Å². The predicted molar refractivity (Wildman–Crippen MR) is 120 cm³/mol. The van der Waals surface area contributed by atoms with E-state index in [1.165, 1.54) is 31.2 Å². The Morgan fingerprint density at radius 3 is 2.77 bits per heavy atom. The van der Waals surface area contributed by atoms with E-state index in [4.69, 9.17) is 16.3 Å². The van der Waals surface area contributed by atoms with Gasteiger partial charge in [-0.2, -0.15) is 0 Å². The maximum absolute atomic E-state index is 6.26. The molecule has 2 fully saturated rings. The van der Waals surface area contributed by atoms with Crippen LogP contribution in [0.2, 0.25) is 5.02 Å². The van der Waals surface area contributed by atoms with E-state index in [1.807, 2.05) is 13.1 Å². The molecule has 26 heavy (non-hydrogen) atoms. The summed E-state index contributed by atoms with van der Waals surface area (Å²) in [7, 11) is 3.99. The van der Waals surface area contributed by atoms with Crippen molar-refractivity contribution in [1.29, 1.82) is 0 Å². The zero-order chi connectivity index (χ0) is 17.7. The van der Waals surface area contributed by atoms with E-state index in [2.05, 4.69) is 40.5 Å². The number of ether oxygens (including phenoxy) is 1. The Bertz CT molecular complexity index is 598. The van der Waals surface area contributed by atoms with Crippen LogP contribution in [0.5, 0.6) is 0 Å². The van der Waals surface area contributed by atoms with Crippen LogP contribution in [0.4, 0.5) is 0 Å². The van der Waals surface area contributed by atoms with Crippen molar-refractivity contribution in [1.82, 2.24) is 10.2 Å². The third-order valence-corrected chi connectivity index (χ3v) is 5.95. The first-order valence-electron chi connectivity index (χ1n) is 9.38. The van der Waals surface area contributed by atoms with Crippen LogP contribution in [0, 0.1) is 5.92 Å². The van der Waals surface area contributed by atoms with Gasteiger partial charge in [0.15, 0.2) is 5.96 Å². The molecule has 1 atom stereocenters. The summed E-state index contributed by atoms with van der Waals surface area (Å²) in [5.41, 5.74) is 1.52. The standard InChI is InChI=1S/C20H30ClN3O.HI/c1-22-19(24(2)13-16-8-11-25-14-16)23-15-20(9-3-4-10-20)17-6-5-7-18(21)12-17;/h5-7,12,16H,3-4,8-11,13-15H2,1-2H3,(H,22,23);1H. The Kier molecular flexibility index (Phi) is 8.48. The maximum Gasteiger partial charge on any atom is 0.193 e. The van der Waals surface area contributed by atoms with Crippen molar-refractivity contribution in [3.63, 3.8) is 0 Å². The van der Waals surface area contributed by atoms with Crippen LogP contribution >= 0.6 is 35.6 Å². The van der Waals surface area contributed by atoms with Crippen LogP contribution in [0.3, 0.4) is 0 Å². The smallest absolute Gasteiger partial charge is 0.193 e.